The zero-order chi connectivity index (χ0) is 10.7. The molecule has 1 aliphatic rings. The van der Waals surface area contributed by atoms with Gasteiger partial charge in [-0.3, -0.25) is 0 Å². The van der Waals surface area contributed by atoms with Crippen LogP contribution < -0.4 is 10.6 Å². The van der Waals surface area contributed by atoms with Gasteiger partial charge in [-0.05, 0) is 18.6 Å². The molecule has 15 heavy (non-hydrogen) atoms. The second-order valence-corrected chi connectivity index (χ2v) is 3.72. The van der Waals surface area contributed by atoms with Crippen molar-refractivity contribution in [3.63, 3.8) is 0 Å². The van der Waals surface area contributed by atoms with Gasteiger partial charge in [0.05, 0.1) is 18.3 Å². The quantitative estimate of drug-likeness (QED) is 0.766. The third-order valence-corrected chi connectivity index (χ3v) is 2.73. The molecule has 0 amide bonds. The minimum Gasteiger partial charge on any atom is -0.379 e. The van der Waals surface area contributed by atoms with Crippen LogP contribution in [0.1, 0.15) is 12.1 Å². The average molecular weight is 208 g/mol. The molecule has 0 radical (unpaired) electrons. The molecule has 1 atom stereocenters. The number of hydrogen-bond acceptors (Lipinski definition) is 5. The highest BCUT2D eigenvalue weighted by Gasteiger charge is 2.21. The van der Waals surface area contributed by atoms with E-state index in [9.17, 15) is 0 Å². The molecule has 1 unspecified atom stereocenters. The molecule has 1 saturated heterocycles. The Morgan fingerprint density at radius 1 is 1.53 bits per heavy atom. The lowest BCUT2D eigenvalue weighted by atomic mass is 10.2. The number of ether oxygens (including phenoxy) is 1. The molecular weight excluding hydrogens is 192 g/mol. The molecule has 1 aromatic rings. The monoisotopic (exact) mass is 208 g/mol. The number of rotatable bonds is 3. The molecular formula is C10H16N4O. The van der Waals surface area contributed by atoms with Gasteiger partial charge in [-0.25, -0.2) is 0 Å². The van der Waals surface area contributed by atoms with Crippen LogP contribution in [-0.2, 0) is 11.3 Å². The van der Waals surface area contributed by atoms with Crippen molar-refractivity contribution in [2.75, 3.05) is 25.2 Å². The fourth-order valence-corrected chi connectivity index (χ4v) is 1.66. The number of nitrogens with two attached hydrogens (primary N) is 1. The Morgan fingerprint density at radius 2 is 2.40 bits per heavy atom. The van der Waals surface area contributed by atoms with Gasteiger partial charge >= 0.3 is 0 Å². The third-order valence-electron chi connectivity index (χ3n) is 2.73. The van der Waals surface area contributed by atoms with Gasteiger partial charge in [0.2, 0.25) is 0 Å². The van der Waals surface area contributed by atoms with Gasteiger partial charge in [0.25, 0.3) is 0 Å². The Hall–Kier alpha value is -1.20. The second kappa shape index (κ2) is 4.55. The number of anilines is 1. The molecule has 0 saturated carbocycles. The average Bonchev–Trinajstić information content (AvgIpc) is 2.82. The Morgan fingerprint density at radius 3 is 2.93 bits per heavy atom. The first-order valence-corrected chi connectivity index (χ1v) is 5.14. The highest BCUT2D eigenvalue weighted by atomic mass is 16.5. The molecule has 0 aliphatic carbocycles. The van der Waals surface area contributed by atoms with E-state index >= 15 is 0 Å². The van der Waals surface area contributed by atoms with Gasteiger partial charge in [0.1, 0.15) is 0 Å². The first-order chi connectivity index (χ1) is 7.31. The van der Waals surface area contributed by atoms with Crippen molar-refractivity contribution < 1.29 is 4.74 Å². The van der Waals surface area contributed by atoms with Gasteiger partial charge < -0.3 is 15.4 Å². The van der Waals surface area contributed by atoms with Crippen molar-refractivity contribution in [1.82, 2.24) is 10.2 Å². The summed E-state index contributed by atoms with van der Waals surface area (Å²) in [4.78, 5) is 2.11. The van der Waals surface area contributed by atoms with E-state index in [2.05, 4.69) is 15.1 Å². The fourth-order valence-electron chi connectivity index (χ4n) is 1.66. The van der Waals surface area contributed by atoms with Crippen molar-refractivity contribution in [1.29, 1.82) is 0 Å². The number of likely N-dealkylation sites (N-methyl/N-ethyl adjacent to an activating group) is 1. The second-order valence-electron chi connectivity index (χ2n) is 3.72. The van der Waals surface area contributed by atoms with Crippen LogP contribution in [-0.4, -0.2) is 36.5 Å². The van der Waals surface area contributed by atoms with Crippen LogP contribution in [0.4, 0.5) is 5.82 Å². The molecule has 2 rings (SSSR count). The van der Waals surface area contributed by atoms with E-state index in [4.69, 9.17) is 10.5 Å². The van der Waals surface area contributed by atoms with E-state index in [-0.39, 0.29) is 0 Å². The summed E-state index contributed by atoms with van der Waals surface area (Å²) in [6.45, 7) is 2.05. The van der Waals surface area contributed by atoms with Gasteiger partial charge in [-0.1, -0.05) is 0 Å². The maximum absolute atomic E-state index is 5.46. The van der Waals surface area contributed by atoms with Crippen LogP contribution in [0.5, 0.6) is 0 Å². The van der Waals surface area contributed by atoms with E-state index in [0.717, 1.165) is 31.1 Å². The fraction of sp³-hybridized carbons (Fsp3) is 0.600. The predicted molar refractivity (Wildman–Crippen MR) is 57.6 cm³/mol. The Labute approximate surface area is 89.2 Å². The molecule has 1 aliphatic heterocycles. The van der Waals surface area contributed by atoms with Gasteiger partial charge in [-0.2, -0.15) is 5.10 Å². The van der Waals surface area contributed by atoms with E-state index < -0.39 is 0 Å². The molecule has 5 nitrogen and oxygen atoms in total. The molecule has 5 heteroatoms. The van der Waals surface area contributed by atoms with Crippen LogP contribution in [0, 0.1) is 0 Å². The Bertz CT molecular complexity index is 308. The molecule has 0 aromatic carbocycles. The summed E-state index contributed by atoms with van der Waals surface area (Å²) >= 11 is 0. The summed E-state index contributed by atoms with van der Waals surface area (Å²) in [5.41, 5.74) is 6.28. The maximum atomic E-state index is 5.46. The number of nitrogens with zero attached hydrogens (tertiary/aromatic N) is 3. The van der Waals surface area contributed by atoms with Gasteiger partial charge in [-0.15, -0.1) is 5.10 Å². The predicted octanol–water partition coefficient (Wildman–Crippen LogP) is 0.160. The highest BCUT2D eigenvalue weighted by molar-refractivity contribution is 5.37. The zero-order valence-electron chi connectivity index (χ0n) is 8.89. The van der Waals surface area contributed by atoms with Crippen molar-refractivity contribution in [3.8, 4) is 0 Å². The van der Waals surface area contributed by atoms with Crippen molar-refractivity contribution in [3.05, 3.63) is 17.8 Å². The molecule has 2 heterocycles. The summed E-state index contributed by atoms with van der Waals surface area (Å²) in [7, 11) is 2.02. The van der Waals surface area contributed by atoms with Crippen LogP contribution in [0.25, 0.3) is 0 Å². The molecule has 0 bridgehead atoms. The number of hydrogen-bond donors (Lipinski definition) is 1. The summed E-state index contributed by atoms with van der Waals surface area (Å²) in [6.07, 6.45) is 1.05. The molecule has 1 aromatic heterocycles. The zero-order valence-corrected chi connectivity index (χ0v) is 8.89. The van der Waals surface area contributed by atoms with E-state index in [1.54, 1.807) is 0 Å². The highest BCUT2D eigenvalue weighted by Crippen LogP contribution is 2.16. The minimum absolute atomic E-state index is 0.419. The molecule has 0 spiro atoms. The first kappa shape index (κ1) is 10.3. The van der Waals surface area contributed by atoms with Crippen LogP contribution in [0.15, 0.2) is 12.1 Å². The third kappa shape index (κ3) is 2.24. The van der Waals surface area contributed by atoms with E-state index in [1.165, 1.54) is 0 Å². The normalized spacial score (nSPS) is 20.5. The Balaban J connectivity index is 2.07. The largest absolute Gasteiger partial charge is 0.379 e. The van der Waals surface area contributed by atoms with Gasteiger partial charge in [0.15, 0.2) is 5.82 Å². The standard InChI is InChI=1S/C10H16N4O/c1-14(9-4-5-15-7-9)10-3-2-8(6-11)12-13-10/h2-3,9H,4-7,11H2,1H3. The maximum Gasteiger partial charge on any atom is 0.151 e. The summed E-state index contributed by atoms with van der Waals surface area (Å²) < 4.78 is 5.33. The van der Waals surface area contributed by atoms with Crippen molar-refractivity contribution in [2.45, 2.75) is 19.0 Å². The minimum atomic E-state index is 0.419. The van der Waals surface area contributed by atoms with Crippen molar-refractivity contribution >= 4 is 5.82 Å². The molecule has 2 N–H and O–H groups in total. The first-order valence-electron chi connectivity index (χ1n) is 5.14. The SMILES string of the molecule is CN(c1ccc(CN)nn1)C1CCOC1. The Kier molecular flexibility index (Phi) is 3.13. The van der Waals surface area contributed by atoms with Crippen LogP contribution >= 0.6 is 0 Å². The molecule has 82 valence electrons. The lowest BCUT2D eigenvalue weighted by molar-refractivity contribution is 0.193. The number of aromatic nitrogens is 2. The lowest BCUT2D eigenvalue weighted by Gasteiger charge is -2.23. The van der Waals surface area contributed by atoms with E-state index in [0.29, 0.717) is 12.6 Å². The lowest BCUT2D eigenvalue weighted by Crippen LogP contribution is -2.32. The van der Waals surface area contributed by atoms with Crippen LogP contribution in [0.2, 0.25) is 0 Å². The summed E-state index contributed by atoms with van der Waals surface area (Å²) in [5, 5.41) is 8.17. The summed E-state index contributed by atoms with van der Waals surface area (Å²) in [5.74, 6) is 0.878. The van der Waals surface area contributed by atoms with E-state index in [1.807, 2.05) is 19.2 Å². The van der Waals surface area contributed by atoms with Crippen molar-refractivity contribution in [2.24, 2.45) is 5.73 Å². The smallest absolute Gasteiger partial charge is 0.151 e. The van der Waals surface area contributed by atoms with Crippen LogP contribution in [0.3, 0.4) is 0 Å². The molecule has 1 fully saturated rings. The topological polar surface area (TPSA) is 64.3 Å². The summed E-state index contributed by atoms with van der Waals surface area (Å²) in [6, 6.07) is 4.28. The van der Waals surface area contributed by atoms with Gasteiger partial charge in [0, 0.05) is 20.2 Å².